The van der Waals surface area contributed by atoms with E-state index in [0.29, 0.717) is 17.9 Å². The highest BCUT2D eigenvalue weighted by Gasteiger charge is 2.25. The minimum absolute atomic E-state index is 0.00120. The number of hydrogen-bond donors (Lipinski definition) is 1. The summed E-state index contributed by atoms with van der Waals surface area (Å²) >= 11 is 0. The summed E-state index contributed by atoms with van der Waals surface area (Å²) in [5.41, 5.74) is 2.39. The van der Waals surface area contributed by atoms with Crippen LogP contribution in [-0.2, 0) is 16.1 Å². The van der Waals surface area contributed by atoms with E-state index in [1.807, 2.05) is 12.1 Å². The Morgan fingerprint density at radius 2 is 1.83 bits per heavy atom. The van der Waals surface area contributed by atoms with Crippen LogP contribution in [0.1, 0.15) is 35.7 Å². The van der Waals surface area contributed by atoms with Crippen molar-refractivity contribution >= 4 is 17.6 Å². The third kappa shape index (κ3) is 5.81. The Balaban J connectivity index is 1.47. The van der Waals surface area contributed by atoms with Crippen molar-refractivity contribution in [2.75, 3.05) is 32.1 Å². The van der Waals surface area contributed by atoms with Gasteiger partial charge in [-0.2, -0.15) is 0 Å². The van der Waals surface area contributed by atoms with Gasteiger partial charge in [-0.25, -0.2) is 4.79 Å². The summed E-state index contributed by atoms with van der Waals surface area (Å²) < 4.78 is 10.3. The Hall–Kier alpha value is -2.86. The molecule has 154 valence electrons. The van der Waals surface area contributed by atoms with Crippen LogP contribution in [0, 0.1) is 5.92 Å². The van der Waals surface area contributed by atoms with Crippen molar-refractivity contribution in [1.82, 2.24) is 4.90 Å². The van der Waals surface area contributed by atoms with Crippen molar-refractivity contribution in [2.24, 2.45) is 5.92 Å². The van der Waals surface area contributed by atoms with E-state index in [-0.39, 0.29) is 17.8 Å². The van der Waals surface area contributed by atoms with E-state index in [1.165, 1.54) is 5.56 Å². The molecule has 0 atom stereocenters. The van der Waals surface area contributed by atoms with Gasteiger partial charge in [-0.1, -0.05) is 12.1 Å². The van der Waals surface area contributed by atoms with Crippen LogP contribution in [0.4, 0.5) is 5.69 Å². The summed E-state index contributed by atoms with van der Waals surface area (Å²) in [7, 11) is 1.67. The number of hydrogen-bond acceptors (Lipinski definition) is 5. The third-order valence-electron chi connectivity index (χ3n) is 5.16. The average molecular weight is 396 g/mol. The SMILES string of the molecule is CCOC(=O)c1ccc(NC(=O)C2CCN(Cc3cccc(OC)c3)CC2)cc1. The lowest BCUT2D eigenvalue weighted by molar-refractivity contribution is -0.121. The second-order valence-electron chi connectivity index (χ2n) is 7.19. The number of nitrogens with one attached hydrogen (secondary N) is 1. The molecule has 1 saturated heterocycles. The highest BCUT2D eigenvalue weighted by Crippen LogP contribution is 2.22. The molecular weight excluding hydrogens is 368 g/mol. The lowest BCUT2D eigenvalue weighted by atomic mass is 9.95. The number of methoxy groups -OCH3 is 1. The molecule has 0 spiro atoms. The van der Waals surface area contributed by atoms with Crippen LogP contribution in [0.25, 0.3) is 0 Å². The monoisotopic (exact) mass is 396 g/mol. The number of carbonyl (C=O) groups excluding carboxylic acids is 2. The van der Waals surface area contributed by atoms with Crippen LogP contribution in [0.15, 0.2) is 48.5 Å². The largest absolute Gasteiger partial charge is 0.497 e. The van der Waals surface area contributed by atoms with Crippen molar-refractivity contribution in [1.29, 1.82) is 0 Å². The number of ether oxygens (including phenoxy) is 2. The maximum atomic E-state index is 12.6. The third-order valence-corrected chi connectivity index (χ3v) is 5.16. The van der Waals surface area contributed by atoms with Crippen LogP contribution in [0.3, 0.4) is 0 Å². The summed E-state index contributed by atoms with van der Waals surface area (Å²) in [6.07, 6.45) is 1.66. The predicted molar refractivity (Wildman–Crippen MR) is 112 cm³/mol. The van der Waals surface area contributed by atoms with Crippen molar-refractivity contribution in [3.8, 4) is 5.75 Å². The number of amides is 1. The lowest BCUT2D eigenvalue weighted by Crippen LogP contribution is -2.37. The first-order valence-corrected chi connectivity index (χ1v) is 10.0. The molecule has 29 heavy (non-hydrogen) atoms. The molecule has 6 nitrogen and oxygen atoms in total. The first kappa shape index (κ1) is 20.9. The number of anilines is 1. The zero-order valence-electron chi connectivity index (χ0n) is 17.0. The Kier molecular flexibility index (Phi) is 7.25. The van der Waals surface area contributed by atoms with Crippen molar-refractivity contribution in [3.05, 3.63) is 59.7 Å². The molecule has 0 aromatic heterocycles. The van der Waals surface area contributed by atoms with Crippen LogP contribution >= 0.6 is 0 Å². The fourth-order valence-corrected chi connectivity index (χ4v) is 3.53. The fraction of sp³-hybridized carbons (Fsp3) is 0.391. The highest BCUT2D eigenvalue weighted by molar-refractivity contribution is 5.94. The van der Waals surface area contributed by atoms with Gasteiger partial charge in [0.15, 0.2) is 0 Å². The van der Waals surface area contributed by atoms with Crippen molar-refractivity contribution in [3.63, 3.8) is 0 Å². The molecule has 0 bridgehead atoms. The maximum absolute atomic E-state index is 12.6. The van der Waals surface area contributed by atoms with Crippen LogP contribution in [0.5, 0.6) is 5.75 Å². The van der Waals surface area contributed by atoms with Gasteiger partial charge >= 0.3 is 5.97 Å². The Morgan fingerprint density at radius 1 is 1.10 bits per heavy atom. The molecule has 3 rings (SSSR count). The summed E-state index contributed by atoms with van der Waals surface area (Å²) in [5, 5.41) is 2.96. The Labute approximate surface area is 171 Å². The molecule has 1 heterocycles. The molecule has 0 radical (unpaired) electrons. The Bertz CT molecular complexity index is 827. The number of carbonyl (C=O) groups is 2. The van der Waals surface area contributed by atoms with Crippen LogP contribution in [-0.4, -0.2) is 43.6 Å². The average Bonchev–Trinajstić information content (AvgIpc) is 2.75. The fourth-order valence-electron chi connectivity index (χ4n) is 3.53. The van der Waals surface area contributed by atoms with Gasteiger partial charge in [0, 0.05) is 18.2 Å². The molecule has 1 aliphatic rings. The normalized spacial score (nSPS) is 15.0. The van der Waals surface area contributed by atoms with Crippen LogP contribution < -0.4 is 10.1 Å². The number of piperidine rings is 1. The van der Waals surface area contributed by atoms with E-state index in [0.717, 1.165) is 38.2 Å². The van der Waals surface area contributed by atoms with Gasteiger partial charge in [0.25, 0.3) is 0 Å². The summed E-state index contributed by atoms with van der Waals surface area (Å²) in [6, 6.07) is 14.9. The van der Waals surface area contributed by atoms with E-state index in [2.05, 4.69) is 22.3 Å². The molecule has 6 heteroatoms. The minimum atomic E-state index is -0.353. The molecule has 2 aromatic carbocycles. The lowest BCUT2D eigenvalue weighted by Gasteiger charge is -2.31. The van der Waals surface area contributed by atoms with E-state index in [1.54, 1.807) is 38.3 Å². The minimum Gasteiger partial charge on any atom is -0.497 e. The van der Waals surface area contributed by atoms with E-state index < -0.39 is 0 Å². The number of likely N-dealkylation sites (tertiary alicyclic amines) is 1. The van der Waals surface area contributed by atoms with Crippen molar-refractivity contribution < 1.29 is 19.1 Å². The number of esters is 1. The summed E-state index contributed by atoms with van der Waals surface area (Å²) in [5.74, 6) is 0.552. The number of nitrogens with zero attached hydrogens (tertiary/aromatic N) is 1. The first-order chi connectivity index (χ1) is 14.1. The molecule has 1 fully saturated rings. The predicted octanol–water partition coefficient (Wildman–Crippen LogP) is 3.72. The van der Waals surface area contributed by atoms with Gasteiger partial charge in [-0.15, -0.1) is 0 Å². The summed E-state index contributed by atoms with van der Waals surface area (Å²) in [4.78, 5) is 26.7. The zero-order valence-corrected chi connectivity index (χ0v) is 17.0. The first-order valence-electron chi connectivity index (χ1n) is 10.0. The standard InChI is InChI=1S/C23H28N2O4/c1-3-29-23(27)19-7-9-20(10-8-19)24-22(26)18-11-13-25(14-12-18)16-17-5-4-6-21(15-17)28-2/h4-10,15,18H,3,11-14,16H2,1-2H3,(H,24,26). The molecule has 0 aliphatic carbocycles. The molecule has 1 N–H and O–H groups in total. The molecular formula is C23H28N2O4. The van der Waals surface area contributed by atoms with Gasteiger partial charge in [0.05, 0.1) is 19.3 Å². The molecule has 1 amide bonds. The van der Waals surface area contributed by atoms with Crippen molar-refractivity contribution in [2.45, 2.75) is 26.3 Å². The molecule has 0 saturated carbocycles. The molecule has 1 aliphatic heterocycles. The molecule has 2 aromatic rings. The quantitative estimate of drug-likeness (QED) is 0.723. The van der Waals surface area contributed by atoms with Gasteiger partial charge in [0.1, 0.15) is 5.75 Å². The van der Waals surface area contributed by atoms with Gasteiger partial charge in [-0.05, 0) is 74.8 Å². The van der Waals surface area contributed by atoms with Gasteiger partial charge < -0.3 is 14.8 Å². The molecule has 0 unspecified atom stereocenters. The number of benzene rings is 2. The van der Waals surface area contributed by atoms with Crippen LogP contribution in [0.2, 0.25) is 0 Å². The smallest absolute Gasteiger partial charge is 0.338 e. The maximum Gasteiger partial charge on any atom is 0.338 e. The van der Waals surface area contributed by atoms with E-state index >= 15 is 0 Å². The zero-order chi connectivity index (χ0) is 20.6. The second-order valence-corrected chi connectivity index (χ2v) is 7.19. The van der Waals surface area contributed by atoms with E-state index in [9.17, 15) is 9.59 Å². The van der Waals surface area contributed by atoms with Gasteiger partial charge in [-0.3, -0.25) is 9.69 Å². The van der Waals surface area contributed by atoms with E-state index in [4.69, 9.17) is 9.47 Å². The number of rotatable bonds is 7. The highest BCUT2D eigenvalue weighted by atomic mass is 16.5. The second kappa shape index (κ2) is 10.1. The topological polar surface area (TPSA) is 67.9 Å². The van der Waals surface area contributed by atoms with Gasteiger partial charge in [0.2, 0.25) is 5.91 Å². The Morgan fingerprint density at radius 3 is 2.48 bits per heavy atom. The summed E-state index contributed by atoms with van der Waals surface area (Å²) in [6.45, 7) is 4.75.